The van der Waals surface area contributed by atoms with Gasteiger partial charge in [-0.3, -0.25) is 4.79 Å². The summed E-state index contributed by atoms with van der Waals surface area (Å²) in [6.45, 7) is 4.87. The molecule has 1 fully saturated rings. The first kappa shape index (κ1) is 20.3. The Hall–Kier alpha value is -2.41. The van der Waals surface area contributed by atoms with Crippen molar-refractivity contribution in [3.05, 3.63) is 59.9 Å². The molecule has 0 unspecified atom stereocenters. The monoisotopic (exact) mass is 405 g/mol. The van der Waals surface area contributed by atoms with Gasteiger partial charge in [0.1, 0.15) is 16.5 Å². The number of nitrogens with zero attached hydrogens (tertiary/aromatic N) is 1. The van der Waals surface area contributed by atoms with Gasteiger partial charge in [-0.15, -0.1) is 0 Å². The van der Waals surface area contributed by atoms with Gasteiger partial charge in [-0.25, -0.2) is 4.39 Å². The second-order valence-electron chi connectivity index (χ2n) is 7.46. The van der Waals surface area contributed by atoms with Crippen LogP contribution in [0.1, 0.15) is 32.3 Å². The molecular weight excluding hydrogens is 381 g/mol. The molecule has 0 spiro atoms. The minimum absolute atomic E-state index is 0.0807. The van der Waals surface area contributed by atoms with E-state index in [1.54, 1.807) is 18.2 Å². The van der Waals surface area contributed by atoms with Gasteiger partial charge in [-0.2, -0.15) is 8.42 Å². The fourth-order valence-corrected chi connectivity index (χ4v) is 3.82. The van der Waals surface area contributed by atoms with E-state index in [1.807, 2.05) is 24.8 Å². The van der Waals surface area contributed by atoms with E-state index in [4.69, 9.17) is 4.18 Å². The van der Waals surface area contributed by atoms with Crippen LogP contribution in [0, 0.1) is 17.7 Å². The van der Waals surface area contributed by atoms with Crippen LogP contribution in [0.15, 0.2) is 53.4 Å². The lowest BCUT2D eigenvalue weighted by atomic mass is 10.1. The van der Waals surface area contributed by atoms with Gasteiger partial charge in [-0.05, 0) is 60.7 Å². The average Bonchev–Trinajstić information content (AvgIpc) is 3.45. The summed E-state index contributed by atoms with van der Waals surface area (Å²) < 4.78 is 43.0. The van der Waals surface area contributed by atoms with Crippen molar-refractivity contribution < 1.29 is 21.8 Å². The van der Waals surface area contributed by atoms with Crippen LogP contribution in [0.5, 0.6) is 5.75 Å². The second-order valence-corrected chi connectivity index (χ2v) is 9.00. The van der Waals surface area contributed by atoms with Crippen molar-refractivity contribution in [2.24, 2.45) is 11.8 Å². The summed E-state index contributed by atoms with van der Waals surface area (Å²) in [6, 6.07) is 11.2. The molecule has 0 N–H and O–H groups in total. The molecule has 0 atom stereocenters. The molecule has 150 valence electrons. The zero-order valence-electron chi connectivity index (χ0n) is 16.0. The number of benzene rings is 2. The third kappa shape index (κ3) is 5.32. The standard InChI is InChI=1S/C21H24FNO4S/c1-15(2)21(24)23(13-16-6-7-16)14-17-4-3-5-19(12-17)27-28(25,26)20-10-8-18(22)9-11-20/h3-5,8-12,15-16H,6-7,13-14H2,1-2H3. The molecule has 0 aromatic heterocycles. The van der Waals surface area contributed by atoms with Gasteiger partial charge < -0.3 is 9.08 Å². The molecule has 1 aliphatic rings. The number of hydrogen-bond donors (Lipinski definition) is 0. The Morgan fingerprint density at radius 1 is 1.18 bits per heavy atom. The summed E-state index contributed by atoms with van der Waals surface area (Å²) in [5, 5.41) is 0. The molecule has 5 nitrogen and oxygen atoms in total. The molecule has 3 rings (SSSR count). The van der Waals surface area contributed by atoms with E-state index in [1.165, 1.54) is 0 Å². The van der Waals surface area contributed by atoms with Crippen LogP contribution in [0.25, 0.3) is 0 Å². The largest absolute Gasteiger partial charge is 0.379 e. The molecule has 1 aliphatic carbocycles. The summed E-state index contributed by atoms with van der Waals surface area (Å²) in [7, 11) is -4.06. The average molecular weight is 405 g/mol. The van der Waals surface area contributed by atoms with E-state index >= 15 is 0 Å². The number of hydrogen-bond acceptors (Lipinski definition) is 4. The van der Waals surface area contributed by atoms with Crippen LogP contribution in [0.2, 0.25) is 0 Å². The molecule has 1 saturated carbocycles. The van der Waals surface area contributed by atoms with Crippen molar-refractivity contribution in [2.45, 2.75) is 38.1 Å². The van der Waals surface area contributed by atoms with Gasteiger partial charge in [0, 0.05) is 19.0 Å². The zero-order valence-corrected chi connectivity index (χ0v) is 16.8. The van der Waals surface area contributed by atoms with Crippen LogP contribution in [-0.4, -0.2) is 25.8 Å². The lowest BCUT2D eigenvalue weighted by molar-refractivity contribution is -0.135. The van der Waals surface area contributed by atoms with Gasteiger partial charge in [0.15, 0.2) is 0 Å². The molecule has 28 heavy (non-hydrogen) atoms. The van der Waals surface area contributed by atoms with Crippen LogP contribution >= 0.6 is 0 Å². The highest BCUT2D eigenvalue weighted by Gasteiger charge is 2.28. The fourth-order valence-electron chi connectivity index (χ4n) is 2.90. The number of halogens is 1. The Morgan fingerprint density at radius 2 is 1.86 bits per heavy atom. The van der Waals surface area contributed by atoms with E-state index in [0.717, 1.165) is 49.2 Å². The Labute approximate surface area is 165 Å². The predicted molar refractivity (Wildman–Crippen MR) is 104 cm³/mol. The van der Waals surface area contributed by atoms with Crippen molar-refractivity contribution in [1.29, 1.82) is 0 Å². The van der Waals surface area contributed by atoms with E-state index in [-0.39, 0.29) is 22.5 Å². The number of carbonyl (C=O) groups excluding carboxylic acids is 1. The third-order valence-corrected chi connectivity index (χ3v) is 5.82. The molecule has 1 amide bonds. The van der Waals surface area contributed by atoms with Crippen molar-refractivity contribution in [3.8, 4) is 5.75 Å². The van der Waals surface area contributed by atoms with Gasteiger partial charge >= 0.3 is 10.1 Å². The maximum atomic E-state index is 13.0. The molecule has 0 heterocycles. The Bertz CT molecular complexity index is 937. The molecule has 2 aromatic carbocycles. The Kier molecular flexibility index (Phi) is 6.03. The third-order valence-electron chi connectivity index (χ3n) is 4.56. The molecule has 0 bridgehead atoms. The zero-order chi connectivity index (χ0) is 20.3. The SMILES string of the molecule is CC(C)C(=O)N(Cc1cccc(OS(=O)(=O)c2ccc(F)cc2)c1)CC1CC1. The highest BCUT2D eigenvalue weighted by molar-refractivity contribution is 7.87. The fraction of sp³-hybridized carbons (Fsp3) is 0.381. The normalized spacial score (nSPS) is 14.1. The summed E-state index contributed by atoms with van der Waals surface area (Å²) in [6.07, 6.45) is 2.28. The minimum atomic E-state index is -4.06. The highest BCUT2D eigenvalue weighted by Crippen LogP contribution is 2.31. The van der Waals surface area contributed by atoms with Crippen molar-refractivity contribution in [1.82, 2.24) is 4.90 Å². The number of rotatable bonds is 8. The van der Waals surface area contributed by atoms with Crippen molar-refractivity contribution in [3.63, 3.8) is 0 Å². The topological polar surface area (TPSA) is 63.7 Å². The van der Waals surface area contributed by atoms with Crippen LogP contribution in [-0.2, 0) is 21.5 Å². The molecule has 0 saturated heterocycles. The van der Waals surface area contributed by atoms with E-state index in [2.05, 4.69) is 0 Å². The second kappa shape index (κ2) is 8.31. The van der Waals surface area contributed by atoms with Crippen molar-refractivity contribution >= 4 is 16.0 Å². The quantitative estimate of drug-likeness (QED) is 0.623. The van der Waals surface area contributed by atoms with Crippen molar-refractivity contribution in [2.75, 3.05) is 6.54 Å². The van der Waals surface area contributed by atoms with Gasteiger partial charge in [0.25, 0.3) is 0 Å². The summed E-state index contributed by atoms with van der Waals surface area (Å²) >= 11 is 0. The minimum Gasteiger partial charge on any atom is -0.379 e. The first-order valence-electron chi connectivity index (χ1n) is 9.32. The first-order valence-corrected chi connectivity index (χ1v) is 10.7. The first-order chi connectivity index (χ1) is 13.2. The molecule has 2 aromatic rings. The molecular formula is C21H24FNO4S. The maximum Gasteiger partial charge on any atom is 0.339 e. The number of amides is 1. The molecule has 7 heteroatoms. The predicted octanol–water partition coefficient (Wildman–Crippen LogP) is 3.99. The highest BCUT2D eigenvalue weighted by atomic mass is 32.2. The summed E-state index contributed by atoms with van der Waals surface area (Å²) in [5.41, 5.74) is 0.793. The van der Waals surface area contributed by atoms with E-state index in [9.17, 15) is 17.6 Å². The van der Waals surface area contributed by atoms with E-state index < -0.39 is 15.9 Å². The molecule has 0 aliphatic heterocycles. The lowest BCUT2D eigenvalue weighted by Crippen LogP contribution is -2.35. The van der Waals surface area contributed by atoms with Gasteiger partial charge in [0.05, 0.1) is 0 Å². The van der Waals surface area contributed by atoms with Crippen LogP contribution in [0.3, 0.4) is 0 Å². The maximum absolute atomic E-state index is 13.0. The lowest BCUT2D eigenvalue weighted by Gasteiger charge is -2.25. The summed E-state index contributed by atoms with van der Waals surface area (Å²) in [4.78, 5) is 14.2. The molecule has 0 radical (unpaired) electrons. The number of carbonyl (C=O) groups is 1. The van der Waals surface area contributed by atoms with Crippen LogP contribution in [0.4, 0.5) is 4.39 Å². The smallest absolute Gasteiger partial charge is 0.339 e. The van der Waals surface area contributed by atoms with Gasteiger partial charge in [0.2, 0.25) is 5.91 Å². The summed E-state index contributed by atoms with van der Waals surface area (Å²) in [5.74, 6) is 0.173. The Morgan fingerprint density at radius 3 is 2.46 bits per heavy atom. The van der Waals surface area contributed by atoms with E-state index in [0.29, 0.717) is 12.5 Å². The Balaban J connectivity index is 1.75. The van der Waals surface area contributed by atoms with Gasteiger partial charge in [-0.1, -0.05) is 26.0 Å². The van der Waals surface area contributed by atoms with Crippen LogP contribution < -0.4 is 4.18 Å².